The molecule has 2 rings (SSSR count). The van der Waals surface area contributed by atoms with Crippen molar-refractivity contribution in [3.05, 3.63) is 40.7 Å². The Morgan fingerprint density at radius 3 is 3.00 bits per heavy atom. The fourth-order valence-corrected chi connectivity index (χ4v) is 2.63. The fraction of sp³-hybridized carbons (Fsp3) is 0.357. The molecule has 2 N–H and O–H groups in total. The van der Waals surface area contributed by atoms with Crippen LogP contribution in [0, 0.1) is 6.92 Å². The lowest BCUT2D eigenvalue weighted by molar-refractivity contribution is 0.102. The van der Waals surface area contributed by atoms with Crippen LogP contribution < -0.4 is 10.6 Å². The molecule has 1 unspecified atom stereocenters. The van der Waals surface area contributed by atoms with Gasteiger partial charge in [-0.05, 0) is 32.0 Å². The van der Waals surface area contributed by atoms with E-state index in [1.807, 2.05) is 31.4 Å². The van der Waals surface area contributed by atoms with Crippen molar-refractivity contribution in [1.29, 1.82) is 0 Å². The van der Waals surface area contributed by atoms with Crippen molar-refractivity contribution in [3.8, 4) is 0 Å². The van der Waals surface area contributed by atoms with E-state index < -0.39 is 0 Å². The number of aromatic nitrogens is 2. The van der Waals surface area contributed by atoms with E-state index in [2.05, 4.69) is 27.5 Å². The number of carbonyl (C=O) groups is 1. The zero-order valence-electron chi connectivity index (χ0n) is 11.8. The lowest BCUT2D eigenvalue weighted by Gasteiger charge is -2.08. The summed E-state index contributed by atoms with van der Waals surface area (Å²) < 4.78 is 0. The second kappa shape index (κ2) is 6.58. The van der Waals surface area contributed by atoms with Gasteiger partial charge in [-0.15, -0.1) is 11.3 Å². The van der Waals surface area contributed by atoms with E-state index in [-0.39, 0.29) is 11.9 Å². The number of nitrogens with one attached hydrogen (secondary N) is 2. The highest BCUT2D eigenvalue weighted by molar-refractivity contribution is 7.14. The maximum atomic E-state index is 12.1. The molecule has 2 aromatic heterocycles. The zero-order chi connectivity index (χ0) is 14.5. The third-order valence-electron chi connectivity index (χ3n) is 2.92. The minimum absolute atomic E-state index is 0.179. The van der Waals surface area contributed by atoms with E-state index >= 15 is 0 Å². The van der Waals surface area contributed by atoms with E-state index in [4.69, 9.17) is 0 Å². The summed E-state index contributed by atoms with van der Waals surface area (Å²) in [5.74, 6) is -0.222. The summed E-state index contributed by atoms with van der Waals surface area (Å²) in [5.41, 5.74) is 2.22. The Labute approximate surface area is 122 Å². The quantitative estimate of drug-likeness (QED) is 0.888. The standard InChI is InChI=1S/C14H18N4OS/c1-4-15-10(3)11-8-20-14(17-11)18-13(19)12-9(2)6-5-7-16-12/h5-8,10,15H,4H2,1-3H3,(H,17,18,19). The number of pyridine rings is 1. The SMILES string of the molecule is CCNC(C)c1csc(NC(=O)c2ncccc2C)n1. The Morgan fingerprint density at radius 1 is 1.50 bits per heavy atom. The highest BCUT2D eigenvalue weighted by atomic mass is 32.1. The molecule has 0 aromatic carbocycles. The van der Waals surface area contributed by atoms with Crippen molar-refractivity contribution in [2.24, 2.45) is 0 Å². The summed E-state index contributed by atoms with van der Waals surface area (Å²) in [6, 6.07) is 3.85. The van der Waals surface area contributed by atoms with Crippen LogP contribution in [0.4, 0.5) is 5.13 Å². The normalized spacial score (nSPS) is 12.2. The lowest BCUT2D eigenvalue weighted by atomic mass is 10.2. The van der Waals surface area contributed by atoms with Crippen LogP contribution in [-0.2, 0) is 0 Å². The van der Waals surface area contributed by atoms with Gasteiger partial charge in [0.1, 0.15) is 5.69 Å². The average Bonchev–Trinajstić information content (AvgIpc) is 2.88. The first-order valence-corrected chi connectivity index (χ1v) is 7.41. The molecule has 0 saturated heterocycles. The van der Waals surface area contributed by atoms with Crippen LogP contribution in [0.5, 0.6) is 0 Å². The van der Waals surface area contributed by atoms with Gasteiger partial charge in [0.05, 0.1) is 5.69 Å². The summed E-state index contributed by atoms with van der Waals surface area (Å²) in [4.78, 5) is 20.6. The molecule has 20 heavy (non-hydrogen) atoms. The predicted molar refractivity (Wildman–Crippen MR) is 81.1 cm³/mol. The number of aryl methyl sites for hydroxylation is 1. The first kappa shape index (κ1) is 14.6. The topological polar surface area (TPSA) is 66.9 Å². The molecule has 0 aliphatic rings. The highest BCUT2D eigenvalue weighted by Crippen LogP contribution is 2.21. The molecule has 0 aliphatic heterocycles. The largest absolute Gasteiger partial charge is 0.309 e. The number of anilines is 1. The van der Waals surface area contributed by atoms with Gasteiger partial charge in [0.15, 0.2) is 5.13 Å². The fourth-order valence-electron chi connectivity index (χ4n) is 1.83. The number of amides is 1. The number of carbonyl (C=O) groups excluding carboxylic acids is 1. The Hall–Kier alpha value is -1.79. The second-order valence-corrected chi connectivity index (χ2v) is 5.34. The van der Waals surface area contributed by atoms with Gasteiger partial charge in [0.25, 0.3) is 5.91 Å². The van der Waals surface area contributed by atoms with Gasteiger partial charge in [-0.25, -0.2) is 4.98 Å². The monoisotopic (exact) mass is 290 g/mol. The molecule has 1 atom stereocenters. The van der Waals surface area contributed by atoms with Crippen LogP contribution in [-0.4, -0.2) is 22.4 Å². The summed E-state index contributed by atoms with van der Waals surface area (Å²) >= 11 is 1.42. The van der Waals surface area contributed by atoms with Crippen LogP contribution in [0.15, 0.2) is 23.7 Å². The Kier molecular flexibility index (Phi) is 4.81. The average molecular weight is 290 g/mol. The van der Waals surface area contributed by atoms with Crippen LogP contribution in [0.1, 0.15) is 41.6 Å². The first-order chi connectivity index (χ1) is 9.61. The van der Waals surface area contributed by atoms with Gasteiger partial charge in [-0.2, -0.15) is 0 Å². The van der Waals surface area contributed by atoms with Crippen molar-refractivity contribution in [2.45, 2.75) is 26.8 Å². The molecule has 6 heteroatoms. The molecule has 1 amide bonds. The van der Waals surface area contributed by atoms with Crippen molar-refractivity contribution in [1.82, 2.24) is 15.3 Å². The molecule has 106 valence electrons. The number of thiazole rings is 1. The Balaban J connectivity index is 2.07. The summed E-state index contributed by atoms with van der Waals surface area (Å²) in [6.07, 6.45) is 1.61. The maximum Gasteiger partial charge on any atom is 0.276 e. The molecule has 2 aromatic rings. The van der Waals surface area contributed by atoms with Crippen molar-refractivity contribution in [3.63, 3.8) is 0 Å². The third-order valence-corrected chi connectivity index (χ3v) is 3.70. The van der Waals surface area contributed by atoms with E-state index in [0.29, 0.717) is 10.8 Å². The van der Waals surface area contributed by atoms with Gasteiger partial charge >= 0.3 is 0 Å². The Morgan fingerprint density at radius 2 is 2.30 bits per heavy atom. The summed E-state index contributed by atoms with van der Waals surface area (Å²) in [6.45, 7) is 6.85. The van der Waals surface area contributed by atoms with Crippen LogP contribution in [0.25, 0.3) is 0 Å². The van der Waals surface area contributed by atoms with Gasteiger partial charge in [0.2, 0.25) is 0 Å². The first-order valence-electron chi connectivity index (χ1n) is 6.53. The van der Waals surface area contributed by atoms with Crippen LogP contribution >= 0.6 is 11.3 Å². The minimum Gasteiger partial charge on any atom is -0.309 e. The molecule has 2 heterocycles. The Bertz CT molecular complexity index is 596. The lowest BCUT2D eigenvalue weighted by Crippen LogP contribution is -2.18. The number of hydrogen-bond donors (Lipinski definition) is 2. The molecule has 0 fully saturated rings. The van der Waals surface area contributed by atoms with E-state index in [0.717, 1.165) is 17.8 Å². The van der Waals surface area contributed by atoms with Gasteiger partial charge in [-0.3, -0.25) is 15.1 Å². The van der Waals surface area contributed by atoms with Crippen molar-refractivity contribution in [2.75, 3.05) is 11.9 Å². The zero-order valence-corrected chi connectivity index (χ0v) is 12.6. The maximum absolute atomic E-state index is 12.1. The molecule has 0 bridgehead atoms. The molecule has 0 radical (unpaired) electrons. The molecule has 5 nitrogen and oxygen atoms in total. The van der Waals surface area contributed by atoms with Gasteiger partial charge in [-0.1, -0.05) is 13.0 Å². The summed E-state index contributed by atoms with van der Waals surface area (Å²) in [7, 11) is 0. The minimum atomic E-state index is -0.222. The number of hydrogen-bond acceptors (Lipinski definition) is 5. The number of rotatable bonds is 5. The second-order valence-electron chi connectivity index (χ2n) is 4.48. The van der Waals surface area contributed by atoms with Crippen molar-refractivity contribution >= 4 is 22.4 Å². The number of nitrogens with zero attached hydrogens (tertiary/aromatic N) is 2. The summed E-state index contributed by atoms with van der Waals surface area (Å²) in [5, 5.41) is 8.63. The molecular formula is C14H18N4OS. The van der Waals surface area contributed by atoms with Crippen molar-refractivity contribution < 1.29 is 4.79 Å². The van der Waals surface area contributed by atoms with E-state index in [1.165, 1.54) is 11.3 Å². The van der Waals surface area contributed by atoms with E-state index in [9.17, 15) is 4.79 Å². The smallest absolute Gasteiger partial charge is 0.276 e. The molecule has 0 aliphatic carbocycles. The molecule has 0 saturated carbocycles. The van der Waals surface area contributed by atoms with Gasteiger partial charge < -0.3 is 5.32 Å². The van der Waals surface area contributed by atoms with Crippen LogP contribution in [0.2, 0.25) is 0 Å². The van der Waals surface area contributed by atoms with Gasteiger partial charge in [0, 0.05) is 17.6 Å². The predicted octanol–water partition coefficient (Wildman–Crippen LogP) is 2.77. The molecular weight excluding hydrogens is 272 g/mol. The highest BCUT2D eigenvalue weighted by Gasteiger charge is 2.14. The third kappa shape index (κ3) is 3.40. The van der Waals surface area contributed by atoms with E-state index in [1.54, 1.807) is 6.20 Å². The molecule has 0 spiro atoms. The van der Waals surface area contributed by atoms with Crippen LogP contribution in [0.3, 0.4) is 0 Å².